The fourth-order valence-corrected chi connectivity index (χ4v) is 2.33. The van der Waals surface area contributed by atoms with Crippen molar-refractivity contribution in [2.45, 2.75) is 5.75 Å². The number of nitrogens with zero attached hydrogens (tertiary/aromatic N) is 2. The van der Waals surface area contributed by atoms with Gasteiger partial charge in [-0.15, -0.1) is 0 Å². The number of pyridine rings is 1. The monoisotopic (exact) mass is 252 g/mol. The summed E-state index contributed by atoms with van der Waals surface area (Å²) in [7, 11) is -3.14. The second-order valence-corrected chi connectivity index (χ2v) is 5.91. The second kappa shape index (κ2) is 4.17. The van der Waals surface area contributed by atoms with E-state index in [1.54, 1.807) is 24.5 Å². The molecule has 0 aromatic carbocycles. The zero-order chi connectivity index (χ0) is 12.5. The van der Waals surface area contributed by atoms with E-state index in [2.05, 4.69) is 15.2 Å². The quantitative estimate of drug-likeness (QED) is 0.832. The Bertz CT molecular complexity index is 619. The molecule has 3 N–H and O–H groups in total. The predicted octanol–water partition coefficient (Wildman–Crippen LogP) is 0.598. The lowest BCUT2D eigenvalue weighted by Gasteiger charge is -2.02. The molecule has 0 unspecified atom stereocenters. The summed E-state index contributed by atoms with van der Waals surface area (Å²) in [4.78, 5) is 3.97. The third-order valence-corrected chi connectivity index (χ3v) is 3.04. The summed E-state index contributed by atoms with van der Waals surface area (Å²) in [6.07, 6.45) is 4.42. The van der Waals surface area contributed by atoms with Crippen molar-refractivity contribution in [2.75, 3.05) is 12.0 Å². The molecule has 17 heavy (non-hydrogen) atoms. The Morgan fingerprint density at radius 2 is 2.24 bits per heavy atom. The molecular weight excluding hydrogens is 240 g/mol. The average Bonchev–Trinajstić information content (AvgIpc) is 2.58. The summed E-state index contributed by atoms with van der Waals surface area (Å²) in [6, 6.07) is 3.56. The molecule has 0 fully saturated rings. The van der Waals surface area contributed by atoms with Crippen molar-refractivity contribution in [1.29, 1.82) is 0 Å². The molecular formula is C10H12N4O2S. The smallest absolute Gasteiger partial charge is 0.153 e. The molecule has 7 heteroatoms. The van der Waals surface area contributed by atoms with Gasteiger partial charge in [-0.25, -0.2) is 8.42 Å². The number of aromatic amines is 1. The molecule has 2 heterocycles. The summed E-state index contributed by atoms with van der Waals surface area (Å²) in [5, 5.41) is 6.48. The number of H-pyrrole nitrogens is 1. The highest BCUT2D eigenvalue weighted by Crippen LogP contribution is 2.27. The first kappa shape index (κ1) is 11.6. The maximum absolute atomic E-state index is 11.3. The fourth-order valence-electron chi connectivity index (χ4n) is 1.59. The molecule has 90 valence electrons. The van der Waals surface area contributed by atoms with E-state index in [4.69, 9.17) is 5.73 Å². The van der Waals surface area contributed by atoms with Gasteiger partial charge in [-0.2, -0.15) is 5.10 Å². The lowest BCUT2D eigenvalue weighted by Crippen LogP contribution is -2.02. The number of nitrogens with two attached hydrogens (primary N) is 1. The van der Waals surface area contributed by atoms with Crippen LogP contribution in [-0.2, 0) is 15.6 Å². The van der Waals surface area contributed by atoms with Gasteiger partial charge in [0.05, 0.1) is 11.4 Å². The van der Waals surface area contributed by atoms with Gasteiger partial charge in [-0.05, 0) is 6.07 Å². The van der Waals surface area contributed by atoms with Crippen LogP contribution in [0.25, 0.3) is 11.1 Å². The van der Waals surface area contributed by atoms with Crippen LogP contribution in [0.5, 0.6) is 0 Å². The van der Waals surface area contributed by atoms with Gasteiger partial charge in [-0.1, -0.05) is 6.07 Å². The molecule has 0 spiro atoms. The van der Waals surface area contributed by atoms with E-state index in [-0.39, 0.29) is 11.6 Å². The summed E-state index contributed by atoms with van der Waals surface area (Å²) in [6.45, 7) is 0. The fraction of sp³-hybridized carbons (Fsp3) is 0.200. The number of rotatable bonds is 3. The normalized spacial score (nSPS) is 11.6. The van der Waals surface area contributed by atoms with E-state index in [9.17, 15) is 8.42 Å². The Morgan fingerprint density at radius 1 is 1.47 bits per heavy atom. The lowest BCUT2D eigenvalue weighted by atomic mass is 10.1. The average molecular weight is 252 g/mol. The highest BCUT2D eigenvalue weighted by atomic mass is 32.2. The highest BCUT2D eigenvalue weighted by molar-refractivity contribution is 7.89. The van der Waals surface area contributed by atoms with E-state index in [0.29, 0.717) is 11.3 Å². The van der Waals surface area contributed by atoms with Crippen LogP contribution < -0.4 is 5.73 Å². The second-order valence-electron chi connectivity index (χ2n) is 3.77. The van der Waals surface area contributed by atoms with Crippen molar-refractivity contribution in [2.24, 2.45) is 0 Å². The topological polar surface area (TPSA) is 102 Å². The van der Waals surface area contributed by atoms with Gasteiger partial charge in [0.1, 0.15) is 0 Å². The summed E-state index contributed by atoms with van der Waals surface area (Å²) in [5.41, 5.74) is 7.56. The first-order chi connectivity index (χ1) is 7.97. The van der Waals surface area contributed by atoms with E-state index in [1.165, 1.54) is 0 Å². The molecule has 0 atom stereocenters. The van der Waals surface area contributed by atoms with Crippen molar-refractivity contribution in [3.63, 3.8) is 0 Å². The van der Waals surface area contributed by atoms with Crippen molar-refractivity contribution in [3.8, 4) is 11.1 Å². The van der Waals surface area contributed by atoms with E-state index < -0.39 is 9.84 Å². The maximum atomic E-state index is 11.3. The Balaban J connectivity index is 2.51. The zero-order valence-electron chi connectivity index (χ0n) is 9.21. The minimum atomic E-state index is -3.14. The molecule has 0 saturated heterocycles. The van der Waals surface area contributed by atoms with Crippen LogP contribution in [-0.4, -0.2) is 29.9 Å². The largest absolute Gasteiger partial charge is 0.382 e. The van der Waals surface area contributed by atoms with Gasteiger partial charge in [0.2, 0.25) is 0 Å². The van der Waals surface area contributed by atoms with Crippen LogP contribution >= 0.6 is 0 Å². The predicted molar refractivity (Wildman–Crippen MR) is 64.8 cm³/mol. The zero-order valence-corrected chi connectivity index (χ0v) is 10.0. The Labute approximate surface area is 98.8 Å². The van der Waals surface area contributed by atoms with Gasteiger partial charge < -0.3 is 5.73 Å². The number of sulfone groups is 1. The van der Waals surface area contributed by atoms with Crippen LogP contribution in [0.1, 0.15) is 5.69 Å². The summed E-state index contributed by atoms with van der Waals surface area (Å²) < 4.78 is 22.6. The van der Waals surface area contributed by atoms with Gasteiger partial charge >= 0.3 is 0 Å². The molecule has 0 aliphatic rings. The molecule has 0 radical (unpaired) electrons. The molecule has 0 aliphatic carbocycles. The number of hydrogen-bond donors (Lipinski definition) is 2. The SMILES string of the molecule is CS(=O)(=O)Cc1[nH]nc(N)c1-c1cccnc1. The lowest BCUT2D eigenvalue weighted by molar-refractivity contribution is 0.600. The Morgan fingerprint density at radius 3 is 2.82 bits per heavy atom. The van der Waals surface area contributed by atoms with Crippen LogP contribution in [0.3, 0.4) is 0 Å². The highest BCUT2D eigenvalue weighted by Gasteiger charge is 2.16. The van der Waals surface area contributed by atoms with Gasteiger partial charge in [-0.3, -0.25) is 10.1 Å². The van der Waals surface area contributed by atoms with Crippen LogP contribution in [0, 0.1) is 0 Å². The molecule has 2 aromatic heterocycles. The third kappa shape index (κ3) is 2.62. The number of nitrogen functional groups attached to an aromatic ring is 1. The minimum absolute atomic E-state index is 0.124. The van der Waals surface area contributed by atoms with Gasteiger partial charge in [0, 0.05) is 29.8 Å². The van der Waals surface area contributed by atoms with Crippen LogP contribution in [0.4, 0.5) is 5.82 Å². The third-order valence-electron chi connectivity index (χ3n) is 2.23. The molecule has 0 bridgehead atoms. The molecule has 0 amide bonds. The van der Waals surface area contributed by atoms with Gasteiger partial charge in [0.15, 0.2) is 15.7 Å². The van der Waals surface area contributed by atoms with Crippen molar-refractivity contribution in [1.82, 2.24) is 15.2 Å². The van der Waals surface area contributed by atoms with Gasteiger partial charge in [0.25, 0.3) is 0 Å². The number of nitrogens with one attached hydrogen (secondary N) is 1. The molecule has 2 aromatic rings. The molecule has 6 nitrogen and oxygen atoms in total. The standard InChI is InChI=1S/C10H12N4O2S/c1-17(15,16)6-8-9(10(11)14-13-8)7-3-2-4-12-5-7/h2-5H,6H2,1H3,(H3,11,13,14). The van der Waals surface area contributed by atoms with E-state index in [0.717, 1.165) is 11.8 Å². The van der Waals surface area contributed by atoms with Crippen molar-refractivity contribution < 1.29 is 8.42 Å². The number of aromatic nitrogens is 3. The first-order valence-electron chi connectivity index (χ1n) is 4.88. The van der Waals surface area contributed by atoms with E-state index >= 15 is 0 Å². The van der Waals surface area contributed by atoms with Crippen molar-refractivity contribution in [3.05, 3.63) is 30.2 Å². The van der Waals surface area contributed by atoms with Crippen molar-refractivity contribution >= 4 is 15.7 Å². The maximum Gasteiger partial charge on any atom is 0.153 e. The molecule has 0 aliphatic heterocycles. The van der Waals surface area contributed by atoms with Crippen LogP contribution in [0.15, 0.2) is 24.5 Å². The minimum Gasteiger partial charge on any atom is -0.382 e. The molecule has 0 saturated carbocycles. The Hall–Kier alpha value is -1.89. The van der Waals surface area contributed by atoms with E-state index in [1.807, 2.05) is 0 Å². The molecule has 2 rings (SSSR count). The summed E-state index contributed by atoms with van der Waals surface area (Å²) in [5.74, 6) is 0.151. The number of hydrogen-bond acceptors (Lipinski definition) is 5. The summed E-state index contributed by atoms with van der Waals surface area (Å²) >= 11 is 0. The first-order valence-corrected chi connectivity index (χ1v) is 6.94. The number of anilines is 1. The van der Waals surface area contributed by atoms with Crippen LogP contribution in [0.2, 0.25) is 0 Å². The Kier molecular flexibility index (Phi) is 2.84.